The Labute approximate surface area is 157 Å². The molecule has 4 rings (SSSR count). The van der Waals surface area contributed by atoms with Gasteiger partial charge in [0.25, 0.3) is 5.91 Å². The average molecular weight is 366 g/mol. The fourth-order valence-corrected chi connectivity index (χ4v) is 3.95. The van der Waals surface area contributed by atoms with E-state index < -0.39 is 0 Å². The lowest BCUT2D eigenvalue weighted by Crippen LogP contribution is -2.43. The van der Waals surface area contributed by atoms with E-state index in [2.05, 4.69) is 17.0 Å². The van der Waals surface area contributed by atoms with E-state index in [0.29, 0.717) is 28.0 Å². The molecular weight excluding hydrogens is 343 g/mol. The zero-order chi connectivity index (χ0) is 19.0. The van der Waals surface area contributed by atoms with Crippen molar-refractivity contribution in [3.8, 4) is 5.69 Å². The Kier molecular flexibility index (Phi) is 4.64. The maximum atomic E-state index is 14.3. The van der Waals surface area contributed by atoms with Crippen LogP contribution in [-0.2, 0) is 0 Å². The number of pyridine rings is 1. The largest absolute Gasteiger partial charge is 0.336 e. The van der Waals surface area contributed by atoms with Gasteiger partial charge in [0, 0.05) is 18.3 Å². The Morgan fingerprint density at radius 3 is 2.89 bits per heavy atom. The summed E-state index contributed by atoms with van der Waals surface area (Å²) in [4.78, 5) is 19.9. The van der Waals surface area contributed by atoms with E-state index in [4.69, 9.17) is 0 Å². The van der Waals surface area contributed by atoms with E-state index in [9.17, 15) is 9.18 Å². The predicted molar refractivity (Wildman–Crippen MR) is 103 cm³/mol. The van der Waals surface area contributed by atoms with Crippen molar-refractivity contribution in [1.82, 2.24) is 19.7 Å². The van der Waals surface area contributed by atoms with Crippen LogP contribution < -0.4 is 0 Å². The van der Waals surface area contributed by atoms with Crippen molar-refractivity contribution >= 4 is 16.9 Å². The van der Waals surface area contributed by atoms with Crippen LogP contribution in [-0.4, -0.2) is 38.2 Å². The molecule has 0 N–H and O–H groups in total. The van der Waals surface area contributed by atoms with Gasteiger partial charge < -0.3 is 4.90 Å². The summed E-state index contributed by atoms with van der Waals surface area (Å²) in [5.41, 5.74) is 2.15. The van der Waals surface area contributed by atoms with E-state index >= 15 is 0 Å². The molecule has 5 nitrogen and oxygen atoms in total. The molecule has 1 aromatic carbocycles. The molecule has 0 spiro atoms. The van der Waals surface area contributed by atoms with Gasteiger partial charge in [0.05, 0.1) is 17.1 Å². The van der Waals surface area contributed by atoms with Crippen LogP contribution in [0.2, 0.25) is 0 Å². The summed E-state index contributed by atoms with van der Waals surface area (Å²) in [6.45, 7) is 4.75. The molecule has 2 aromatic heterocycles. The number of hydrogen-bond donors (Lipinski definition) is 0. The van der Waals surface area contributed by atoms with Crippen LogP contribution in [0.15, 0.2) is 36.5 Å². The number of fused-ring (bicyclic) bond motifs is 1. The number of para-hydroxylation sites is 1. The monoisotopic (exact) mass is 366 g/mol. The highest BCUT2D eigenvalue weighted by Gasteiger charge is 2.28. The maximum absolute atomic E-state index is 14.3. The molecule has 0 saturated carbocycles. The second kappa shape index (κ2) is 7.10. The lowest BCUT2D eigenvalue weighted by molar-refractivity contribution is 0.0610. The number of amides is 1. The summed E-state index contributed by atoms with van der Waals surface area (Å²) in [6.07, 6.45) is 5.81. The fraction of sp³-hybridized carbons (Fsp3) is 0.381. The van der Waals surface area contributed by atoms with Crippen LogP contribution in [0.1, 0.15) is 48.7 Å². The van der Waals surface area contributed by atoms with Gasteiger partial charge in [-0.15, -0.1) is 0 Å². The third kappa shape index (κ3) is 3.09. The number of hydrogen-bond acceptors (Lipinski definition) is 3. The lowest BCUT2D eigenvalue weighted by atomic mass is 9.98. The van der Waals surface area contributed by atoms with E-state index in [1.165, 1.54) is 10.7 Å². The molecule has 0 unspecified atom stereocenters. The number of likely N-dealkylation sites (tertiary alicyclic amines) is 1. The third-order valence-electron chi connectivity index (χ3n) is 5.34. The van der Waals surface area contributed by atoms with E-state index in [1.807, 2.05) is 17.9 Å². The Hall–Kier alpha value is -2.76. The number of nitrogens with zero attached hydrogens (tertiary/aromatic N) is 4. The smallest absolute Gasteiger partial charge is 0.254 e. The summed E-state index contributed by atoms with van der Waals surface area (Å²) < 4.78 is 15.7. The molecule has 27 heavy (non-hydrogen) atoms. The molecule has 3 aromatic rings. The van der Waals surface area contributed by atoms with Crippen LogP contribution in [0.3, 0.4) is 0 Å². The number of rotatable bonds is 3. The summed E-state index contributed by atoms with van der Waals surface area (Å²) in [5.74, 6) is -0.356. The first-order valence-corrected chi connectivity index (χ1v) is 9.51. The van der Waals surface area contributed by atoms with E-state index in [1.54, 1.807) is 24.4 Å². The van der Waals surface area contributed by atoms with Gasteiger partial charge in [0.15, 0.2) is 5.65 Å². The summed E-state index contributed by atoms with van der Waals surface area (Å²) in [5, 5.41) is 5.00. The average Bonchev–Trinajstić information content (AvgIpc) is 3.10. The van der Waals surface area contributed by atoms with Crippen molar-refractivity contribution in [1.29, 1.82) is 0 Å². The van der Waals surface area contributed by atoms with Crippen molar-refractivity contribution in [2.45, 2.75) is 45.6 Å². The fourth-order valence-electron chi connectivity index (χ4n) is 3.95. The van der Waals surface area contributed by atoms with Crippen LogP contribution in [0.4, 0.5) is 4.39 Å². The van der Waals surface area contributed by atoms with Gasteiger partial charge in [-0.1, -0.05) is 19.1 Å². The molecule has 3 heterocycles. The Morgan fingerprint density at radius 1 is 1.30 bits per heavy atom. The summed E-state index contributed by atoms with van der Waals surface area (Å²) >= 11 is 0. The minimum absolute atomic E-state index is 0.0186. The first kappa shape index (κ1) is 17.6. The van der Waals surface area contributed by atoms with Crippen molar-refractivity contribution in [2.75, 3.05) is 6.54 Å². The number of benzene rings is 1. The van der Waals surface area contributed by atoms with Gasteiger partial charge in [0.1, 0.15) is 11.5 Å². The van der Waals surface area contributed by atoms with Crippen LogP contribution >= 0.6 is 0 Å². The Morgan fingerprint density at radius 2 is 2.11 bits per heavy atom. The molecular formula is C21H23FN4O. The molecule has 1 atom stereocenters. The number of aromatic nitrogens is 3. The molecule has 1 amide bonds. The van der Waals surface area contributed by atoms with Crippen molar-refractivity contribution < 1.29 is 9.18 Å². The van der Waals surface area contributed by atoms with E-state index in [-0.39, 0.29) is 17.8 Å². The third-order valence-corrected chi connectivity index (χ3v) is 5.34. The van der Waals surface area contributed by atoms with Gasteiger partial charge in [0.2, 0.25) is 0 Å². The Bertz CT molecular complexity index is 997. The SMILES string of the molecule is CC[C@@H]1CCCCN1C(=O)c1cc(C)nc2c1cnn2-c1ccccc1F. The van der Waals surface area contributed by atoms with Crippen LogP contribution in [0.5, 0.6) is 0 Å². The zero-order valence-corrected chi connectivity index (χ0v) is 15.7. The minimum Gasteiger partial charge on any atom is -0.336 e. The molecule has 1 aliphatic rings. The maximum Gasteiger partial charge on any atom is 0.254 e. The normalized spacial score (nSPS) is 17.4. The van der Waals surface area contributed by atoms with Crippen molar-refractivity contribution in [3.63, 3.8) is 0 Å². The predicted octanol–water partition coefficient (Wildman–Crippen LogP) is 4.27. The van der Waals surface area contributed by atoms with Crippen molar-refractivity contribution in [2.24, 2.45) is 0 Å². The van der Waals surface area contributed by atoms with Gasteiger partial charge in [-0.25, -0.2) is 14.1 Å². The second-order valence-corrected chi connectivity index (χ2v) is 7.11. The van der Waals surface area contributed by atoms with Gasteiger partial charge in [-0.2, -0.15) is 5.10 Å². The molecule has 6 heteroatoms. The zero-order valence-electron chi connectivity index (χ0n) is 15.7. The van der Waals surface area contributed by atoms with Crippen LogP contribution in [0.25, 0.3) is 16.7 Å². The second-order valence-electron chi connectivity index (χ2n) is 7.11. The minimum atomic E-state index is -0.374. The van der Waals surface area contributed by atoms with Gasteiger partial charge in [-0.3, -0.25) is 4.79 Å². The highest BCUT2D eigenvalue weighted by Crippen LogP contribution is 2.27. The highest BCUT2D eigenvalue weighted by atomic mass is 19.1. The molecule has 0 aliphatic carbocycles. The summed E-state index contributed by atoms with van der Waals surface area (Å²) in [7, 11) is 0. The van der Waals surface area contributed by atoms with Crippen molar-refractivity contribution in [3.05, 3.63) is 53.6 Å². The first-order chi connectivity index (χ1) is 13.1. The first-order valence-electron chi connectivity index (χ1n) is 9.51. The highest BCUT2D eigenvalue weighted by molar-refractivity contribution is 6.05. The number of aryl methyl sites for hydroxylation is 1. The molecule has 140 valence electrons. The quantitative estimate of drug-likeness (QED) is 0.695. The number of carbonyl (C=O) groups excluding carboxylic acids is 1. The number of carbonyl (C=O) groups is 1. The lowest BCUT2D eigenvalue weighted by Gasteiger charge is -2.35. The number of halogens is 1. The molecule has 1 fully saturated rings. The Balaban J connectivity index is 1.83. The topological polar surface area (TPSA) is 51.0 Å². The molecule has 1 saturated heterocycles. The van der Waals surface area contributed by atoms with Gasteiger partial charge >= 0.3 is 0 Å². The van der Waals surface area contributed by atoms with Crippen LogP contribution in [0, 0.1) is 12.7 Å². The number of piperidine rings is 1. The van der Waals surface area contributed by atoms with Gasteiger partial charge in [-0.05, 0) is 50.8 Å². The standard InChI is InChI=1S/C21H23FN4O/c1-3-15-8-6-7-11-25(15)21(27)16-12-14(2)24-20-17(16)13-23-26(20)19-10-5-4-9-18(19)22/h4-5,9-10,12-13,15H,3,6-8,11H2,1-2H3/t15-/m1/s1. The molecule has 0 bridgehead atoms. The molecule has 0 radical (unpaired) electrons. The molecule has 1 aliphatic heterocycles. The summed E-state index contributed by atoms with van der Waals surface area (Å²) in [6, 6.07) is 8.54. The van der Waals surface area contributed by atoms with E-state index in [0.717, 1.165) is 32.2 Å².